The molecule has 0 unspecified atom stereocenters. The number of nitrogens with one attached hydrogen (secondary N) is 1. The standard InChI is InChI=1S/C20H31N7O4/c28-17(24-29)5-3-1-2-4-6-27-19-16(15-21-27)18(25-7-11-30-12-8-25)22-20(23-19)26-9-13-31-14-10-26/h15,29H,1-14H2,(H,24,28). The summed E-state index contributed by atoms with van der Waals surface area (Å²) in [6.07, 6.45) is 5.84. The van der Waals surface area contributed by atoms with Gasteiger partial charge in [0.25, 0.3) is 0 Å². The average Bonchev–Trinajstić information content (AvgIpc) is 3.24. The lowest BCUT2D eigenvalue weighted by Crippen LogP contribution is -2.39. The Labute approximate surface area is 181 Å². The van der Waals surface area contributed by atoms with Crippen LogP contribution in [0.4, 0.5) is 11.8 Å². The van der Waals surface area contributed by atoms with Crippen molar-refractivity contribution >= 4 is 28.7 Å². The molecule has 2 saturated heterocycles. The molecule has 0 aliphatic carbocycles. The van der Waals surface area contributed by atoms with E-state index in [0.717, 1.165) is 81.2 Å². The second-order valence-corrected chi connectivity index (χ2v) is 7.85. The molecule has 2 N–H and O–H groups in total. The van der Waals surface area contributed by atoms with Crippen LogP contribution >= 0.6 is 0 Å². The van der Waals surface area contributed by atoms with Crippen LogP contribution in [-0.4, -0.2) is 83.5 Å². The van der Waals surface area contributed by atoms with Gasteiger partial charge < -0.3 is 19.3 Å². The number of morpholine rings is 2. The Balaban J connectivity index is 1.49. The number of anilines is 2. The number of hydrogen-bond donors (Lipinski definition) is 2. The van der Waals surface area contributed by atoms with Gasteiger partial charge >= 0.3 is 0 Å². The Morgan fingerprint density at radius 3 is 2.35 bits per heavy atom. The molecule has 2 aromatic rings. The molecule has 31 heavy (non-hydrogen) atoms. The maximum absolute atomic E-state index is 11.1. The number of aromatic nitrogens is 4. The van der Waals surface area contributed by atoms with Crippen LogP contribution in [0.2, 0.25) is 0 Å². The maximum atomic E-state index is 11.1. The van der Waals surface area contributed by atoms with Crippen LogP contribution in [0.25, 0.3) is 11.0 Å². The molecule has 11 nitrogen and oxygen atoms in total. The van der Waals surface area contributed by atoms with Gasteiger partial charge in [-0.2, -0.15) is 15.1 Å². The van der Waals surface area contributed by atoms with Gasteiger partial charge in [-0.1, -0.05) is 12.8 Å². The summed E-state index contributed by atoms with van der Waals surface area (Å²) >= 11 is 0. The van der Waals surface area contributed by atoms with E-state index in [-0.39, 0.29) is 5.91 Å². The summed E-state index contributed by atoms with van der Waals surface area (Å²) in [7, 11) is 0. The summed E-state index contributed by atoms with van der Waals surface area (Å²) < 4.78 is 13.0. The quantitative estimate of drug-likeness (QED) is 0.339. The number of rotatable bonds is 9. The second kappa shape index (κ2) is 10.7. The molecule has 1 amide bonds. The lowest BCUT2D eigenvalue weighted by atomic mass is 10.1. The number of hydroxylamine groups is 1. The maximum Gasteiger partial charge on any atom is 0.243 e. The predicted molar refractivity (Wildman–Crippen MR) is 114 cm³/mol. The third-order valence-electron chi connectivity index (χ3n) is 5.72. The van der Waals surface area contributed by atoms with Crippen molar-refractivity contribution in [2.75, 3.05) is 62.4 Å². The molecule has 0 atom stereocenters. The van der Waals surface area contributed by atoms with Crippen molar-refractivity contribution in [1.82, 2.24) is 25.2 Å². The highest BCUT2D eigenvalue weighted by Gasteiger charge is 2.23. The number of carbonyl (C=O) groups is 1. The summed E-state index contributed by atoms with van der Waals surface area (Å²) in [5.41, 5.74) is 2.53. The van der Waals surface area contributed by atoms with E-state index in [0.29, 0.717) is 32.8 Å². The van der Waals surface area contributed by atoms with Crippen molar-refractivity contribution in [1.29, 1.82) is 0 Å². The smallest absolute Gasteiger partial charge is 0.243 e. The first-order chi connectivity index (χ1) is 15.3. The van der Waals surface area contributed by atoms with Gasteiger partial charge in [-0.05, 0) is 12.8 Å². The van der Waals surface area contributed by atoms with Gasteiger partial charge in [-0.25, -0.2) is 10.2 Å². The Morgan fingerprint density at radius 1 is 0.968 bits per heavy atom. The van der Waals surface area contributed by atoms with Crippen molar-refractivity contribution in [2.24, 2.45) is 0 Å². The summed E-state index contributed by atoms with van der Waals surface area (Å²) in [5, 5.41) is 14.1. The van der Waals surface area contributed by atoms with Crippen LogP contribution in [0.15, 0.2) is 6.20 Å². The molecule has 0 aromatic carbocycles. The fourth-order valence-electron chi connectivity index (χ4n) is 3.97. The molecule has 2 aromatic heterocycles. The Morgan fingerprint density at radius 2 is 1.65 bits per heavy atom. The molecule has 2 aliphatic heterocycles. The average molecular weight is 434 g/mol. The van der Waals surface area contributed by atoms with Crippen molar-refractivity contribution in [3.63, 3.8) is 0 Å². The Kier molecular flexibility index (Phi) is 7.49. The van der Waals surface area contributed by atoms with Gasteiger partial charge in [0.2, 0.25) is 11.9 Å². The van der Waals surface area contributed by atoms with E-state index >= 15 is 0 Å². The van der Waals surface area contributed by atoms with Gasteiger partial charge in [0, 0.05) is 39.1 Å². The molecule has 0 bridgehead atoms. The van der Waals surface area contributed by atoms with E-state index in [1.165, 1.54) is 0 Å². The van der Waals surface area contributed by atoms with E-state index in [4.69, 9.17) is 24.6 Å². The molecule has 0 spiro atoms. The van der Waals surface area contributed by atoms with Gasteiger partial charge in [0.15, 0.2) is 5.65 Å². The fourth-order valence-corrected chi connectivity index (χ4v) is 3.97. The first-order valence-corrected chi connectivity index (χ1v) is 11.1. The van der Waals surface area contributed by atoms with E-state index < -0.39 is 0 Å². The molecule has 0 saturated carbocycles. The van der Waals surface area contributed by atoms with E-state index in [1.807, 2.05) is 10.9 Å². The van der Waals surface area contributed by atoms with E-state index in [1.54, 1.807) is 5.48 Å². The lowest BCUT2D eigenvalue weighted by Gasteiger charge is -2.31. The minimum atomic E-state index is -0.332. The minimum absolute atomic E-state index is 0.332. The number of amides is 1. The van der Waals surface area contributed by atoms with Crippen LogP contribution < -0.4 is 15.3 Å². The van der Waals surface area contributed by atoms with Crippen LogP contribution in [0.5, 0.6) is 0 Å². The third kappa shape index (κ3) is 5.41. The van der Waals surface area contributed by atoms with E-state index in [9.17, 15) is 4.79 Å². The predicted octanol–water partition coefficient (Wildman–Crippen LogP) is 0.955. The van der Waals surface area contributed by atoms with Gasteiger partial charge in [0.05, 0.1) is 38.0 Å². The zero-order valence-electron chi connectivity index (χ0n) is 17.8. The summed E-state index contributed by atoms with van der Waals surface area (Å²) in [4.78, 5) is 25.3. The molecule has 4 rings (SSSR count). The zero-order valence-corrected chi connectivity index (χ0v) is 17.8. The summed E-state index contributed by atoms with van der Waals surface area (Å²) in [6, 6.07) is 0. The molecule has 170 valence electrons. The number of unbranched alkanes of at least 4 members (excludes halogenated alkanes) is 3. The highest BCUT2D eigenvalue weighted by atomic mass is 16.5. The molecule has 4 heterocycles. The van der Waals surface area contributed by atoms with Crippen LogP contribution in [0, 0.1) is 0 Å². The lowest BCUT2D eigenvalue weighted by molar-refractivity contribution is -0.129. The van der Waals surface area contributed by atoms with Crippen molar-refractivity contribution < 1.29 is 19.5 Å². The number of aryl methyl sites for hydroxylation is 1. The number of ether oxygens (including phenoxy) is 2. The first-order valence-electron chi connectivity index (χ1n) is 11.1. The van der Waals surface area contributed by atoms with Gasteiger partial charge in [-0.3, -0.25) is 10.0 Å². The first kappa shape index (κ1) is 21.7. The molecular formula is C20H31N7O4. The monoisotopic (exact) mass is 433 g/mol. The molecule has 0 radical (unpaired) electrons. The Hall–Kier alpha value is -2.50. The number of nitrogens with zero attached hydrogens (tertiary/aromatic N) is 6. The van der Waals surface area contributed by atoms with Crippen LogP contribution in [0.3, 0.4) is 0 Å². The normalized spacial score (nSPS) is 17.3. The van der Waals surface area contributed by atoms with Crippen LogP contribution in [0.1, 0.15) is 32.1 Å². The van der Waals surface area contributed by atoms with E-state index in [2.05, 4.69) is 14.9 Å². The van der Waals surface area contributed by atoms with Crippen LogP contribution in [-0.2, 0) is 20.8 Å². The zero-order chi connectivity index (χ0) is 21.5. The minimum Gasteiger partial charge on any atom is -0.378 e. The molecule has 2 fully saturated rings. The van der Waals surface area contributed by atoms with Crippen molar-refractivity contribution in [2.45, 2.75) is 38.6 Å². The largest absolute Gasteiger partial charge is 0.378 e. The molecule has 2 aliphatic rings. The SMILES string of the molecule is O=C(CCCCCCn1ncc2c(N3CCOCC3)nc(N3CCOCC3)nc21)NO. The summed E-state index contributed by atoms with van der Waals surface area (Å²) in [5.74, 6) is 1.33. The number of hydrogen-bond acceptors (Lipinski definition) is 9. The number of carbonyl (C=O) groups excluding carboxylic acids is 1. The second-order valence-electron chi connectivity index (χ2n) is 7.85. The van der Waals surface area contributed by atoms with Crippen molar-refractivity contribution in [3.8, 4) is 0 Å². The topological polar surface area (TPSA) is 118 Å². The highest BCUT2D eigenvalue weighted by molar-refractivity contribution is 5.88. The third-order valence-corrected chi connectivity index (χ3v) is 5.72. The fraction of sp³-hybridized carbons (Fsp3) is 0.700. The van der Waals surface area contributed by atoms with Gasteiger partial charge in [-0.15, -0.1) is 0 Å². The summed E-state index contributed by atoms with van der Waals surface area (Å²) in [6.45, 7) is 6.69. The molecular weight excluding hydrogens is 402 g/mol. The molecule has 11 heteroatoms. The Bertz CT molecular complexity index is 863. The highest BCUT2D eigenvalue weighted by Crippen LogP contribution is 2.28. The number of fused-ring (bicyclic) bond motifs is 1. The van der Waals surface area contributed by atoms with Gasteiger partial charge in [0.1, 0.15) is 5.82 Å². The van der Waals surface area contributed by atoms with Crippen molar-refractivity contribution in [3.05, 3.63) is 6.20 Å².